The molecular weight excluding hydrogens is 218 g/mol. The molecule has 0 radical (unpaired) electrons. The summed E-state index contributed by atoms with van der Waals surface area (Å²) in [5.41, 5.74) is -0.401. The first-order valence-electron chi connectivity index (χ1n) is 6.79. The molecule has 94 valence electrons. The van der Waals surface area contributed by atoms with Crippen molar-refractivity contribution in [1.82, 2.24) is 5.32 Å². The maximum atomic E-state index is 10.5. The smallest absolute Gasteiger partial charge is 0.0771 e. The summed E-state index contributed by atoms with van der Waals surface area (Å²) in [6, 6.07) is 0. The largest absolute Gasteiger partial charge is 0.389 e. The Bertz CT molecular complexity index is 196. The van der Waals surface area contributed by atoms with Gasteiger partial charge < -0.3 is 10.4 Å². The second-order valence-electron chi connectivity index (χ2n) is 5.50. The number of rotatable bonds is 4. The third-order valence-corrected chi connectivity index (χ3v) is 5.18. The van der Waals surface area contributed by atoms with Gasteiger partial charge in [0.1, 0.15) is 0 Å². The molecular formula is C13H25NOS. The molecule has 2 rings (SSSR count). The summed E-state index contributed by atoms with van der Waals surface area (Å²) >= 11 is 2.07. The van der Waals surface area contributed by atoms with Crippen LogP contribution in [0, 0.1) is 5.92 Å². The van der Waals surface area contributed by atoms with Gasteiger partial charge >= 0.3 is 0 Å². The predicted molar refractivity (Wildman–Crippen MR) is 71.0 cm³/mol. The highest BCUT2D eigenvalue weighted by atomic mass is 32.2. The molecule has 0 bridgehead atoms. The molecule has 0 amide bonds. The van der Waals surface area contributed by atoms with E-state index in [4.69, 9.17) is 0 Å². The van der Waals surface area contributed by atoms with Gasteiger partial charge in [-0.2, -0.15) is 11.8 Å². The van der Waals surface area contributed by atoms with E-state index in [0.29, 0.717) is 0 Å². The Balaban J connectivity index is 1.66. The van der Waals surface area contributed by atoms with E-state index < -0.39 is 5.60 Å². The van der Waals surface area contributed by atoms with Crippen molar-refractivity contribution in [3.8, 4) is 0 Å². The minimum absolute atomic E-state index is 0.401. The van der Waals surface area contributed by atoms with E-state index in [0.717, 1.165) is 31.8 Å². The van der Waals surface area contributed by atoms with E-state index in [2.05, 4.69) is 17.1 Å². The van der Waals surface area contributed by atoms with E-state index in [-0.39, 0.29) is 0 Å². The van der Waals surface area contributed by atoms with Crippen LogP contribution in [0.3, 0.4) is 0 Å². The first kappa shape index (κ1) is 12.7. The van der Waals surface area contributed by atoms with E-state index in [1.165, 1.54) is 43.6 Å². The van der Waals surface area contributed by atoms with Gasteiger partial charge in [-0.05, 0) is 43.2 Å². The zero-order chi connectivity index (χ0) is 11.3. The van der Waals surface area contributed by atoms with Crippen molar-refractivity contribution < 1.29 is 5.11 Å². The molecule has 0 aromatic carbocycles. The predicted octanol–water partition coefficient (Wildman–Crippen LogP) is 2.41. The Labute approximate surface area is 104 Å². The van der Waals surface area contributed by atoms with Crippen LogP contribution in [0.2, 0.25) is 0 Å². The highest BCUT2D eigenvalue weighted by Gasteiger charge is 2.27. The summed E-state index contributed by atoms with van der Waals surface area (Å²) in [5.74, 6) is 3.49. The van der Waals surface area contributed by atoms with Gasteiger partial charge in [0.15, 0.2) is 0 Å². The maximum Gasteiger partial charge on any atom is 0.0771 e. The summed E-state index contributed by atoms with van der Waals surface area (Å²) in [6.45, 7) is 1.92. The first-order valence-corrected chi connectivity index (χ1v) is 7.95. The van der Waals surface area contributed by atoms with Crippen molar-refractivity contribution in [2.75, 3.05) is 24.6 Å². The molecule has 1 aliphatic carbocycles. The number of nitrogens with one attached hydrogen (secondary N) is 1. The van der Waals surface area contributed by atoms with E-state index in [1.807, 2.05) is 0 Å². The fourth-order valence-electron chi connectivity index (χ4n) is 2.82. The van der Waals surface area contributed by atoms with Crippen LogP contribution in [0.25, 0.3) is 0 Å². The molecule has 2 aliphatic rings. The molecule has 0 aromatic rings. The Morgan fingerprint density at radius 3 is 2.56 bits per heavy atom. The molecule has 1 saturated carbocycles. The number of aliphatic hydroxyl groups is 1. The zero-order valence-electron chi connectivity index (χ0n) is 10.2. The molecule has 0 spiro atoms. The fourth-order valence-corrected chi connectivity index (χ4v) is 4.10. The van der Waals surface area contributed by atoms with Crippen LogP contribution in [0.4, 0.5) is 0 Å². The van der Waals surface area contributed by atoms with Crippen molar-refractivity contribution in [3.63, 3.8) is 0 Å². The Hall–Kier alpha value is 0.270. The zero-order valence-corrected chi connectivity index (χ0v) is 11.0. The van der Waals surface area contributed by atoms with E-state index >= 15 is 0 Å². The average Bonchev–Trinajstić information content (AvgIpc) is 2.68. The normalized spacial score (nSPS) is 30.2. The van der Waals surface area contributed by atoms with Crippen molar-refractivity contribution in [3.05, 3.63) is 0 Å². The number of hydrogen-bond donors (Lipinski definition) is 2. The summed E-state index contributed by atoms with van der Waals surface area (Å²) in [6.07, 6.45) is 8.38. The van der Waals surface area contributed by atoms with Gasteiger partial charge in [0.05, 0.1) is 5.60 Å². The average molecular weight is 243 g/mol. The first-order chi connectivity index (χ1) is 7.79. The molecule has 0 aromatic heterocycles. The van der Waals surface area contributed by atoms with Crippen molar-refractivity contribution in [2.45, 2.75) is 50.5 Å². The Kier molecular flexibility index (Phi) is 4.98. The van der Waals surface area contributed by atoms with Crippen LogP contribution in [0.5, 0.6) is 0 Å². The minimum atomic E-state index is -0.401. The Morgan fingerprint density at radius 1 is 1.19 bits per heavy atom. The van der Waals surface area contributed by atoms with Crippen LogP contribution in [0.15, 0.2) is 0 Å². The van der Waals surface area contributed by atoms with Crippen LogP contribution in [-0.4, -0.2) is 35.3 Å². The number of hydrogen-bond acceptors (Lipinski definition) is 3. The molecule has 1 unspecified atom stereocenters. The number of thioether (sulfide) groups is 1. The SMILES string of the molecule is OC1(CNCC2CCSC2)CCCCCC1. The van der Waals surface area contributed by atoms with Gasteiger partial charge in [0.2, 0.25) is 0 Å². The second kappa shape index (κ2) is 6.27. The molecule has 2 N–H and O–H groups in total. The molecule has 1 saturated heterocycles. The van der Waals surface area contributed by atoms with Gasteiger partial charge in [-0.3, -0.25) is 0 Å². The quantitative estimate of drug-likeness (QED) is 0.744. The molecule has 16 heavy (non-hydrogen) atoms. The van der Waals surface area contributed by atoms with Crippen LogP contribution in [0.1, 0.15) is 44.9 Å². The van der Waals surface area contributed by atoms with Crippen LogP contribution >= 0.6 is 11.8 Å². The van der Waals surface area contributed by atoms with E-state index in [9.17, 15) is 5.11 Å². The minimum Gasteiger partial charge on any atom is -0.389 e. The monoisotopic (exact) mass is 243 g/mol. The highest BCUT2D eigenvalue weighted by Crippen LogP contribution is 2.27. The summed E-state index contributed by atoms with van der Waals surface area (Å²) in [4.78, 5) is 0. The van der Waals surface area contributed by atoms with Crippen molar-refractivity contribution in [1.29, 1.82) is 0 Å². The lowest BCUT2D eigenvalue weighted by atomic mass is 9.94. The molecule has 2 fully saturated rings. The lowest BCUT2D eigenvalue weighted by molar-refractivity contribution is 0.0248. The van der Waals surface area contributed by atoms with Gasteiger partial charge in [-0.25, -0.2) is 0 Å². The fraction of sp³-hybridized carbons (Fsp3) is 1.00. The molecule has 1 heterocycles. The van der Waals surface area contributed by atoms with Crippen LogP contribution < -0.4 is 5.32 Å². The lowest BCUT2D eigenvalue weighted by Crippen LogP contribution is -2.41. The van der Waals surface area contributed by atoms with E-state index in [1.54, 1.807) is 0 Å². The van der Waals surface area contributed by atoms with Crippen molar-refractivity contribution >= 4 is 11.8 Å². The van der Waals surface area contributed by atoms with Crippen LogP contribution in [-0.2, 0) is 0 Å². The summed E-state index contributed by atoms with van der Waals surface area (Å²) in [7, 11) is 0. The highest BCUT2D eigenvalue weighted by molar-refractivity contribution is 7.99. The Morgan fingerprint density at radius 2 is 1.94 bits per heavy atom. The maximum absolute atomic E-state index is 10.5. The molecule has 1 aliphatic heterocycles. The molecule has 3 heteroatoms. The molecule has 1 atom stereocenters. The standard InChI is InChI=1S/C13H25NOS/c15-13(6-3-1-2-4-7-13)11-14-9-12-5-8-16-10-12/h12,14-15H,1-11H2. The van der Waals surface area contributed by atoms with Gasteiger partial charge in [0, 0.05) is 6.54 Å². The van der Waals surface area contributed by atoms with Gasteiger partial charge in [0.25, 0.3) is 0 Å². The summed E-state index contributed by atoms with van der Waals surface area (Å²) in [5, 5.41) is 14.0. The topological polar surface area (TPSA) is 32.3 Å². The third-order valence-electron chi connectivity index (χ3n) is 3.95. The lowest BCUT2D eigenvalue weighted by Gasteiger charge is -2.27. The van der Waals surface area contributed by atoms with Gasteiger partial charge in [-0.1, -0.05) is 25.7 Å². The third kappa shape index (κ3) is 3.94. The summed E-state index contributed by atoms with van der Waals surface area (Å²) < 4.78 is 0. The van der Waals surface area contributed by atoms with Crippen molar-refractivity contribution in [2.24, 2.45) is 5.92 Å². The molecule has 2 nitrogen and oxygen atoms in total. The van der Waals surface area contributed by atoms with Gasteiger partial charge in [-0.15, -0.1) is 0 Å². The second-order valence-corrected chi connectivity index (χ2v) is 6.65.